The van der Waals surface area contributed by atoms with Crippen molar-refractivity contribution in [2.24, 2.45) is 17.8 Å². The van der Waals surface area contributed by atoms with Gasteiger partial charge in [0.05, 0.1) is 5.60 Å². The monoisotopic (exact) mass is 180 g/mol. The van der Waals surface area contributed by atoms with Crippen LogP contribution >= 0.6 is 0 Å². The highest BCUT2D eigenvalue weighted by Gasteiger charge is 2.59. The highest BCUT2D eigenvalue weighted by Crippen LogP contribution is 2.62. The Labute approximate surface area is 80.8 Å². The summed E-state index contributed by atoms with van der Waals surface area (Å²) < 4.78 is 6.10. The lowest BCUT2D eigenvalue weighted by Crippen LogP contribution is -2.37. The standard InChI is InChI=1S/C12H20O/c1-2-13-12-7-6-9(8-12)10-4-3-5-11(10)12/h9-11H,2-8H2,1H3. The number of hydrogen-bond donors (Lipinski definition) is 0. The Morgan fingerprint density at radius 2 is 2.23 bits per heavy atom. The van der Waals surface area contributed by atoms with E-state index in [1.54, 1.807) is 0 Å². The molecule has 0 aromatic carbocycles. The predicted octanol–water partition coefficient (Wildman–Crippen LogP) is 2.99. The molecule has 3 saturated carbocycles. The van der Waals surface area contributed by atoms with Crippen molar-refractivity contribution in [1.29, 1.82) is 0 Å². The minimum absolute atomic E-state index is 0.362. The molecular weight excluding hydrogens is 160 g/mol. The molecule has 0 amide bonds. The van der Waals surface area contributed by atoms with Crippen molar-refractivity contribution in [3.8, 4) is 0 Å². The highest BCUT2D eigenvalue weighted by molar-refractivity contribution is 5.09. The maximum absolute atomic E-state index is 6.10. The number of rotatable bonds is 2. The second-order valence-electron chi connectivity index (χ2n) is 5.20. The van der Waals surface area contributed by atoms with Crippen LogP contribution in [-0.4, -0.2) is 12.2 Å². The maximum Gasteiger partial charge on any atom is 0.0716 e. The quantitative estimate of drug-likeness (QED) is 0.634. The topological polar surface area (TPSA) is 9.23 Å². The smallest absolute Gasteiger partial charge is 0.0716 e. The summed E-state index contributed by atoms with van der Waals surface area (Å²) >= 11 is 0. The van der Waals surface area contributed by atoms with E-state index in [0.717, 1.165) is 24.4 Å². The third kappa shape index (κ3) is 0.971. The number of fused-ring (bicyclic) bond motifs is 5. The molecule has 1 heteroatoms. The van der Waals surface area contributed by atoms with E-state index in [-0.39, 0.29) is 0 Å². The fraction of sp³-hybridized carbons (Fsp3) is 1.00. The van der Waals surface area contributed by atoms with Crippen LogP contribution in [0.4, 0.5) is 0 Å². The molecule has 3 aliphatic carbocycles. The third-order valence-electron chi connectivity index (χ3n) is 4.83. The fourth-order valence-electron chi connectivity index (χ4n) is 4.51. The zero-order chi connectivity index (χ0) is 8.89. The Morgan fingerprint density at radius 3 is 3.08 bits per heavy atom. The largest absolute Gasteiger partial charge is 0.375 e. The normalized spacial score (nSPS) is 52.8. The van der Waals surface area contributed by atoms with Crippen molar-refractivity contribution in [3.05, 3.63) is 0 Å². The van der Waals surface area contributed by atoms with Crippen LogP contribution in [0, 0.1) is 17.8 Å². The molecule has 0 saturated heterocycles. The lowest BCUT2D eigenvalue weighted by molar-refractivity contribution is -0.0717. The van der Waals surface area contributed by atoms with E-state index in [2.05, 4.69) is 6.92 Å². The molecule has 4 unspecified atom stereocenters. The van der Waals surface area contributed by atoms with Crippen molar-refractivity contribution in [2.75, 3.05) is 6.61 Å². The van der Waals surface area contributed by atoms with Gasteiger partial charge in [-0.1, -0.05) is 6.42 Å². The van der Waals surface area contributed by atoms with Crippen LogP contribution in [0.3, 0.4) is 0 Å². The van der Waals surface area contributed by atoms with E-state index < -0.39 is 0 Å². The molecule has 0 aromatic rings. The summed E-state index contributed by atoms with van der Waals surface area (Å²) in [6.45, 7) is 3.08. The van der Waals surface area contributed by atoms with Gasteiger partial charge in [0.1, 0.15) is 0 Å². The molecule has 2 bridgehead atoms. The molecule has 0 N–H and O–H groups in total. The average Bonchev–Trinajstić information content (AvgIpc) is 2.73. The summed E-state index contributed by atoms with van der Waals surface area (Å²) in [5.74, 6) is 3.05. The van der Waals surface area contributed by atoms with E-state index >= 15 is 0 Å². The zero-order valence-electron chi connectivity index (χ0n) is 8.59. The average molecular weight is 180 g/mol. The Morgan fingerprint density at radius 1 is 1.31 bits per heavy atom. The van der Waals surface area contributed by atoms with Crippen molar-refractivity contribution in [2.45, 2.75) is 51.0 Å². The van der Waals surface area contributed by atoms with Crippen LogP contribution in [0.25, 0.3) is 0 Å². The Bertz CT molecular complexity index is 213. The van der Waals surface area contributed by atoms with Crippen LogP contribution in [0.15, 0.2) is 0 Å². The van der Waals surface area contributed by atoms with Crippen LogP contribution < -0.4 is 0 Å². The van der Waals surface area contributed by atoms with Gasteiger partial charge < -0.3 is 4.74 Å². The molecule has 74 valence electrons. The molecule has 3 rings (SSSR count). The minimum atomic E-state index is 0.362. The summed E-state index contributed by atoms with van der Waals surface area (Å²) in [5.41, 5.74) is 0.362. The van der Waals surface area contributed by atoms with Gasteiger partial charge in [-0.2, -0.15) is 0 Å². The lowest BCUT2D eigenvalue weighted by atomic mass is 9.79. The molecule has 0 spiro atoms. The van der Waals surface area contributed by atoms with Gasteiger partial charge in [-0.25, -0.2) is 0 Å². The summed E-state index contributed by atoms with van der Waals surface area (Å²) in [7, 11) is 0. The van der Waals surface area contributed by atoms with Crippen molar-refractivity contribution in [3.63, 3.8) is 0 Å². The van der Waals surface area contributed by atoms with Gasteiger partial charge in [0.15, 0.2) is 0 Å². The Hall–Kier alpha value is -0.0400. The van der Waals surface area contributed by atoms with Crippen molar-refractivity contribution < 1.29 is 4.74 Å². The van der Waals surface area contributed by atoms with E-state index in [1.807, 2.05) is 0 Å². The summed E-state index contributed by atoms with van der Waals surface area (Å²) in [5, 5.41) is 0. The first-order chi connectivity index (χ1) is 6.36. The molecule has 0 aliphatic heterocycles. The first-order valence-electron chi connectivity index (χ1n) is 6.00. The van der Waals surface area contributed by atoms with Crippen molar-refractivity contribution >= 4 is 0 Å². The highest BCUT2D eigenvalue weighted by atomic mass is 16.5. The predicted molar refractivity (Wildman–Crippen MR) is 52.5 cm³/mol. The zero-order valence-corrected chi connectivity index (χ0v) is 8.59. The summed E-state index contributed by atoms with van der Waals surface area (Å²) in [6.07, 6.45) is 8.66. The Kier molecular flexibility index (Phi) is 1.74. The molecular formula is C12H20O. The second kappa shape index (κ2) is 2.73. The number of ether oxygens (including phenoxy) is 1. The molecule has 3 aliphatic rings. The third-order valence-corrected chi connectivity index (χ3v) is 4.83. The maximum atomic E-state index is 6.10. The van der Waals surface area contributed by atoms with Gasteiger partial charge >= 0.3 is 0 Å². The summed E-state index contributed by atoms with van der Waals surface area (Å²) in [6, 6.07) is 0. The van der Waals surface area contributed by atoms with Gasteiger partial charge in [0.25, 0.3) is 0 Å². The van der Waals surface area contributed by atoms with E-state index in [4.69, 9.17) is 4.74 Å². The molecule has 13 heavy (non-hydrogen) atoms. The van der Waals surface area contributed by atoms with Gasteiger partial charge in [-0.15, -0.1) is 0 Å². The molecule has 0 aromatic heterocycles. The van der Waals surface area contributed by atoms with Crippen LogP contribution in [0.2, 0.25) is 0 Å². The van der Waals surface area contributed by atoms with Crippen LogP contribution in [0.5, 0.6) is 0 Å². The number of hydrogen-bond acceptors (Lipinski definition) is 1. The van der Waals surface area contributed by atoms with Gasteiger partial charge in [0, 0.05) is 6.61 Å². The van der Waals surface area contributed by atoms with Crippen molar-refractivity contribution in [1.82, 2.24) is 0 Å². The molecule has 0 radical (unpaired) electrons. The molecule has 3 fully saturated rings. The summed E-state index contributed by atoms with van der Waals surface area (Å²) in [4.78, 5) is 0. The first-order valence-corrected chi connectivity index (χ1v) is 6.00. The molecule has 1 nitrogen and oxygen atoms in total. The van der Waals surface area contributed by atoms with Gasteiger partial charge in [0.2, 0.25) is 0 Å². The minimum Gasteiger partial charge on any atom is -0.375 e. The second-order valence-corrected chi connectivity index (χ2v) is 5.20. The van der Waals surface area contributed by atoms with Crippen LogP contribution in [0.1, 0.15) is 45.4 Å². The molecule has 4 atom stereocenters. The van der Waals surface area contributed by atoms with Gasteiger partial charge in [-0.3, -0.25) is 0 Å². The Balaban J connectivity index is 1.87. The fourth-order valence-corrected chi connectivity index (χ4v) is 4.51. The molecule has 0 heterocycles. The van der Waals surface area contributed by atoms with Gasteiger partial charge in [-0.05, 0) is 56.8 Å². The van der Waals surface area contributed by atoms with E-state index in [9.17, 15) is 0 Å². The SMILES string of the molecule is CCOC12CCC(C1)C1CCCC12. The first kappa shape index (κ1) is 8.28. The lowest BCUT2D eigenvalue weighted by Gasteiger charge is -2.35. The van der Waals surface area contributed by atoms with E-state index in [0.29, 0.717) is 5.60 Å². The van der Waals surface area contributed by atoms with E-state index in [1.165, 1.54) is 38.5 Å². The van der Waals surface area contributed by atoms with Crippen LogP contribution in [-0.2, 0) is 4.74 Å².